The van der Waals surface area contributed by atoms with Gasteiger partial charge in [0.05, 0.1) is 25.1 Å². The van der Waals surface area contributed by atoms with Crippen LogP contribution in [0.15, 0.2) is 112 Å². The Kier molecular flexibility index (Phi) is 24.9. The quantitative estimate of drug-likeness (QED) is 0.0275. The molecule has 1 aliphatic carbocycles. The zero-order chi connectivity index (χ0) is 55.4. The Morgan fingerprint density at radius 1 is 0.823 bits per heavy atom. The molecule has 1 atom stereocenters. The van der Waals surface area contributed by atoms with Crippen LogP contribution in [0.5, 0.6) is 5.75 Å². The number of nitrogens with zero attached hydrogens (tertiary/aromatic N) is 3. The molecule has 410 valence electrons. The van der Waals surface area contributed by atoms with Crippen LogP contribution >= 0.6 is 0 Å². The summed E-state index contributed by atoms with van der Waals surface area (Å²) in [5.41, 5.74) is 6.20. The van der Waals surface area contributed by atoms with Crippen molar-refractivity contribution in [1.29, 1.82) is 0 Å². The van der Waals surface area contributed by atoms with Gasteiger partial charge >= 0.3 is 88.7 Å². The maximum atomic E-state index is 12.9. The van der Waals surface area contributed by atoms with Crippen molar-refractivity contribution in [3.63, 3.8) is 0 Å². The van der Waals surface area contributed by atoms with Crippen LogP contribution in [0.2, 0.25) is 0 Å². The van der Waals surface area contributed by atoms with Crippen molar-refractivity contribution in [3.05, 3.63) is 130 Å². The Labute approximate surface area is 533 Å². The van der Waals surface area contributed by atoms with Gasteiger partial charge in [-0.1, -0.05) is 65.3 Å². The molecule has 0 radical (unpaired) electrons. The Morgan fingerprint density at radius 2 is 1.49 bits per heavy atom. The predicted molar refractivity (Wildman–Crippen MR) is 285 cm³/mol. The molecule has 3 aliphatic heterocycles. The second-order valence-corrected chi connectivity index (χ2v) is 25.7. The first-order valence-electron chi connectivity index (χ1n) is 25.8. The van der Waals surface area contributed by atoms with Crippen LogP contribution in [0, 0.1) is 17.9 Å². The van der Waals surface area contributed by atoms with E-state index in [2.05, 4.69) is 35.9 Å². The molecule has 3 amide bonds. The van der Waals surface area contributed by atoms with E-state index in [-0.39, 0.29) is 162 Å². The molecule has 1 unspecified atom stereocenters. The van der Waals surface area contributed by atoms with Crippen molar-refractivity contribution in [3.8, 4) is 5.75 Å². The van der Waals surface area contributed by atoms with Crippen molar-refractivity contribution in [2.75, 3.05) is 42.6 Å². The van der Waals surface area contributed by atoms with E-state index in [1.807, 2.05) is 93.3 Å². The molecular formula is C56H67N4Na3O13S3. The molecule has 0 aromatic heterocycles. The molecule has 0 spiro atoms. The van der Waals surface area contributed by atoms with Crippen molar-refractivity contribution >= 4 is 65.2 Å². The van der Waals surface area contributed by atoms with Crippen LogP contribution in [0.3, 0.4) is 0 Å². The summed E-state index contributed by atoms with van der Waals surface area (Å²) in [6.07, 6.45) is 11.8. The first-order valence-corrected chi connectivity index (χ1v) is 30.3. The van der Waals surface area contributed by atoms with E-state index < -0.39 is 52.7 Å². The molecule has 17 nitrogen and oxygen atoms in total. The third-order valence-corrected chi connectivity index (χ3v) is 17.2. The number of allylic oxidation sites excluding steroid dienone is 7. The van der Waals surface area contributed by atoms with Gasteiger partial charge in [-0.3, -0.25) is 19.3 Å². The maximum Gasteiger partial charge on any atom is 1.00 e. The van der Waals surface area contributed by atoms with Crippen molar-refractivity contribution in [1.82, 2.24) is 10.2 Å². The molecule has 1 saturated heterocycles. The van der Waals surface area contributed by atoms with E-state index in [1.165, 1.54) is 17.0 Å². The number of imide groups is 1. The number of benzene rings is 3. The Balaban J connectivity index is 0.00000448. The third-order valence-electron chi connectivity index (χ3n) is 14.8. The van der Waals surface area contributed by atoms with Gasteiger partial charge in [-0.2, -0.15) is 18.2 Å². The molecule has 3 aromatic carbocycles. The molecule has 3 aromatic rings. The number of hydrogen-bond acceptors (Lipinski definition) is 14. The largest absolute Gasteiger partial charge is 1.00 e. The molecule has 1 N–H and O–H groups in total. The van der Waals surface area contributed by atoms with E-state index in [0.29, 0.717) is 68.0 Å². The summed E-state index contributed by atoms with van der Waals surface area (Å²) in [7, 11) is -13.6. The van der Waals surface area contributed by atoms with Gasteiger partial charge in [0.15, 0.2) is 5.71 Å². The normalized spacial score (nSPS) is 19.0. The zero-order valence-electron chi connectivity index (χ0n) is 46.9. The standard InChI is InChI=1S/C56H70N4O13S3.3Na/c1-38(2)44-37-52(62)60(54(44)63)33-30-57-51(61)29-20-39-18-23-42(24-19-39)73-53-40(21-27-49-55(3,4)45-16-7-8-17-47(45)58(49)31-9-11-34-74(64,65)66)14-13-15-41(53)22-28-50-56(5,6)46-36-43(76(70,71)72)25-26-48(46)59(50)32-10-12-35-75(67,68)69;;;/h8,16-19,21-28,36,38,44H,9-15,20,29-35,37H2,1-6H3,(H,57,61)(H,64,65,66)(H,67,68,69)(H,70,71,72);;;/q;3*+1/p-3. The number of nitrogens with one attached hydrogen (secondary N) is 1. The monoisotopic (exact) mass is 1170 g/mol. The number of anilines is 1. The first-order chi connectivity index (χ1) is 35.7. The van der Waals surface area contributed by atoms with Gasteiger partial charge in [-0.15, -0.1) is 6.07 Å². The Hall–Kier alpha value is -2.77. The smallest absolute Gasteiger partial charge is 0.748 e. The van der Waals surface area contributed by atoms with Gasteiger partial charge in [0.25, 0.3) is 0 Å². The number of aryl methyl sites for hydroxylation is 1. The van der Waals surface area contributed by atoms with E-state index in [4.69, 9.17) is 4.74 Å². The number of ether oxygens (including phenoxy) is 1. The van der Waals surface area contributed by atoms with Gasteiger partial charge in [0.1, 0.15) is 33.9 Å². The number of fused-ring (bicyclic) bond motifs is 2. The first kappa shape index (κ1) is 68.7. The van der Waals surface area contributed by atoms with Gasteiger partial charge in [-0.05, 0) is 116 Å². The predicted octanol–water partition coefficient (Wildman–Crippen LogP) is -1.81. The van der Waals surface area contributed by atoms with Crippen LogP contribution in [-0.2, 0) is 62.0 Å². The molecular weight excluding hydrogens is 1100 g/mol. The summed E-state index contributed by atoms with van der Waals surface area (Å²) in [5.74, 6) is -0.812. The third kappa shape index (κ3) is 17.4. The number of likely N-dealkylation sites (tertiary alicyclic amines) is 1. The van der Waals surface area contributed by atoms with Crippen LogP contribution in [-0.4, -0.2) is 110 Å². The fourth-order valence-electron chi connectivity index (χ4n) is 10.6. The zero-order valence-corrected chi connectivity index (χ0v) is 55.4. The van der Waals surface area contributed by atoms with Gasteiger partial charge in [0.2, 0.25) is 17.7 Å². The average molecular weight is 1170 g/mol. The summed E-state index contributed by atoms with van der Waals surface area (Å²) in [6, 6.07) is 20.6. The maximum absolute atomic E-state index is 12.9. The molecule has 3 heterocycles. The van der Waals surface area contributed by atoms with Crippen molar-refractivity contribution in [2.45, 2.75) is 121 Å². The molecule has 79 heavy (non-hydrogen) atoms. The molecule has 23 heteroatoms. The second kappa shape index (κ2) is 28.7. The Morgan fingerprint density at radius 3 is 2.13 bits per heavy atom. The summed E-state index contributed by atoms with van der Waals surface area (Å²) < 4.78 is 115. The van der Waals surface area contributed by atoms with E-state index in [1.54, 1.807) is 6.07 Å². The molecule has 1 fully saturated rings. The molecule has 7 rings (SSSR count). The number of rotatable bonds is 23. The summed E-state index contributed by atoms with van der Waals surface area (Å²) in [4.78, 5) is 40.9. The number of amides is 3. The SMILES string of the molecule is CC(C)C1CC(=O)N(CCNC(=O)CCc2ccc(OC3=C(/C=C/C4=[N+](CCCCS(=O)(=O)[O-])c5cc[c-]cc5C4(C)C)CCC/C3=C\C=C3\N(CCCCS(=O)(=O)[O-])c4ccc(S(=O)(=O)[O-])cc4C3(C)C)cc2)C1=O.[Na+].[Na+].[Na+]. The van der Waals surface area contributed by atoms with Crippen LogP contribution < -0.4 is 104 Å². The minimum atomic E-state index is -4.80. The van der Waals surface area contributed by atoms with Crippen LogP contribution in [0.25, 0.3) is 0 Å². The number of unbranched alkanes of at least 4 members (excludes halogenated alkanes) is 2. The fraction of sp³-hybridized carbons (Fsp3) is 0.464. The van der Waals surface area contributed by atoms with Crippen LogP contribution in [0.1, 0.15) is 116 Å². The topological polar surface area (TPSA) is 254 Å². The minimum Gasteiger partial charge on any atom is -0.748 e. The van der Waals surface area contributed by atoms with Crippen molar-refractivity contribution < 1.29 is 151 Å². The Bertz CT molecular complexity index is 3260. The number of carbonyl (C=O) groups excluding carboxylic acids is 3. The average Bonchev–Trinajstić information content (AvgIpc) is 3.85. The summed E-state index contributed by atoms with van der Waals surface area (Å²) in [6.45, 7) is 12.9. The van der Waals surface area contributed by atoms with Gasteiger partial charge < -0.3 is 28.6 Å². The number of hydrogen-bond donors (Lipinski definition) is 1. The molecule has 4 aliphatic rings. The van der Waals surface area contributed by atoms with E-state index >= 15 is 0 Å². The second-order valence-electron chi connectivity index (χ2n) is 21.3. The van der Waals surface area contributed by atoms with Crippen LogP contribution in [0.4, 0.5) is 11.4 Å². The fourth-order valence-corrected chi connectivity index (χ4v) is 12.2. The molecule has 0 saturated carbocycles. The molecule has 0 bridgehead atoms. The van der Waals surface area contributed by atoms with Crippen molar-refractivity contribution in [2.24, 2.45) is 11.8 Å². The number of carbonyl (C=O) groups is 3. The van der Waals surface area contributed by atoms with E-state index in [9.17, 15) is 53.3 Å². The van der Waals surface area contributed by atoms with E-state index in [0.717, 1.165) is 45.8 Å². The summed E-state index contributed by atoms with van der Waals surface area (Å²) >= 11 is 0. The minimum absolute atomic E-state index is 0. The van der Waals surface area contributed by atoms with Gasteiger partial charge in [0, 0.05) is 84.6 Å². The summed E-state index contributed by atoms with van der Waals surface area (Å²) in [5, 5.41) is 2.83. The van der Waals surface area contributed by atoms with Gasteiger partial charge in [-0.25, -0.2) is 29.8 Å².